The zero-order valence-electron chi connectivity index (χ0n) is 14.3. The summed E-state index contributed by atoms with van der Waals surface area (Å²) in [7, 11) is 0. The molecule has 0 aromatic carbocycles. The number of carbonyl (C=O) groups is 2. The third kappa shape index (κ3) is 3.68. The van der Waals surface area contributed by atoms with Crippen molar-refractivity contribution in [2.45, 2.75) is 65.1 Å². The highest BCUT2D eigenvalue weighted by molar-refractivity contribution is 6.47. The number of hydrogen-bond acceptors (Lipinski definition) is 5. The fraction of sp³-hybridized carbons (Fsp3) is 0.688. The molecule has 0 bridgehead atoms. The molecule has 23 heavy (non-hydrogen) atoms. The standard InChI is InChI=1S/C16H24N2O5/c1-6-8-9-10-12(19)16(21,13(10)22-7-2)11(18-17)14(20)23-15(3,4)5/h21H,6-9H2,1-5H3. The van der Waals surface area contributed by atoms with Crippen molar-refractivity contribution in [3.63, 3.8) is 0 Å². The molecule has 0 aliphatic heterocycles. The van der Waals surface area contributed by atoms with Crippen LogP contribution < -0.4 is 0 Å². The minimum atomic E-state index is -2.38. The molecule has 0 aromatic heterocycles. The quantitative estimate of drug-likeness (QED) is 0.332. The van der Waals surface area contributed by atoms with Crippen LogP contribution in [0.2, 0.25) is 0 Å². The van der Waals surface area contributed by atoms with Crippen LogP contribution in [-0.2, 0) is 19.1 Å². The summed E-state index contributed by atoms with van der Waals surface area (Å²) in [5, 5.41) is 10.6. The van der Waals surface area contributed by atoms with Gasteiger partial charge in [0.15, 0.2) is 5.76 Å². The van der Waals surface area contributed by atoms with E-state index in [0.29, 0.717) is 12.0 Å². The molecule has 0 aromatic rings. The van der Waals surface area contributed by atoms with Crippen molar-refractivity contribution in [1.29, 1.82) is 0 Å². The molecular formula is C16H24N2O5. The van der Waals surface area contributed by atoms with E-state index < -0.39 is 28.7 Å². The molecule has 0 radical (unpaired) electrons. The van der Waals surface area contributed by atoms with Crippen molar-refractivity contribution in [2.24, 2.45) is 0 Å². The minimum absolute atomic E-state index is 0.0305. The van der Waals surface area contributed by atoms with Gasteiger partial charge in [0.2, 0.25) is 5.78 Å². The van der Waals surface area contributed by atoms with Gasteiger partial charge in [-0.05, 0) is 40.5 Å². The van der Waals surface area contributed by atoms with Gasteiger partial charge in [-0.2, -0.15) is 4.79 Å². The van der Waals surface area contributed by atoms with Gasteiger partial charge in [-0.25, -0.2) is 4.79 Å². The number of esters is 1. The second-order valence-electron chi connectivity index (χ2n) is 6.33. The average Bonchev–Trinajstić information content (AvgIpc) is 2.45. The van der Waals surface area contributed by atoms with Gasteiger partial charge in [0.25, 0.3) is 5.60 Å². The molecule has 0 saturated heterocycles. The summed E-state index contributed by atoms with van der Waals surface area (Å²) in [4.78, 5) is 27.3. The van der Waals surface area contributed by atoms with E-state index in [1.165, 1.54) is 0 Å². The van der Waals surface area contributed by atoms with Gasteiger partial charge in [0.05, 0.1) is 6.61 Å². The summed E-state index contributed by atoms with van der Waals surface area (Å²) in [6.07, 6.45) is 2.04. The average molecular weight is 324 g/mol. The molecule has 1 rings (SSSR count). The molecule has 0 spiro atoms. The van der Waals surface area contributed by atoms with E-state index in [-0.39, 0.29) is 12.4 Å². The normalized spacial score (nSPS) is 20.7. The Labute approximate surface area is 135 Å². The Morgan fingerprint density at radius 1 is 1.35 bits per heavy atom. The monoisotopic (exact) mass is 324 g/mol. The number of Topliss-reactive ketones (excluding diaryl/α,β-unsaturated/α-hetero) is 1. The van der Waals surface area contributed by atoms with Crippen molar-refractivity contribution in [2.75, 3.05) is 6.61 Å². The topological polar surface area (TPSA) is 109 Å². The van der Waals surface area contributed by atoms with Crippen molar-refractivity contribution in [3.8, 4) is 0 Å². The van der Waals surface area contributed by atoms with Crippen LogP contribution in [0.5, 0.6) is 0 Å². The van der Waals surface area contributed by atoms with Crippen molar-refractivity contribution in [1.82, 2.24) is 0 Å². The van der Waals surface area contributed by atoms with E-state index in [1.54, 1.807) is 27.7 Å². The smallest absolute Gasteiger partial charge is 0.422 e. The Kier molecular flexibility index (Phi) is 5.86. The van der Waals surface area contributed by atoms with E-state index in [2.05, 4.69) is 4.79 Å². The number of unbranched alkanes of at least 4 members (excludes halogenated alkanes) is 1. The number of hydrogen-bond donors (Lipinski definition) is 1. The molecular weight excluding hydrogens is 300 g/mol. The number of carbonyl (C=O) groups excluding carboxylic acids is 2. The lowest BCUT2D eigenvalue weighted by molar-refractivity contribution is -0.158. The molecule has 0 heterocycles. The molecule has 7 heteroatoms. The summed E-state index contributed by atoms with van der Waals surface area (Å²) in [5.41, 5.74) is 5.46. The SMILES string of the molecule is CCCCC1=C(OCC)C(O)(C(=[N+]=[N-])C(=O)OC(C)(C)C)C1=O. The molecule has 1 aliphatic carbocycles. The first-order valence-corrected chi connectivity index (χ1v) is 7.72. The summed E-state index contributed by atoms with van der Waals surface area (Å²) < 4.78 is 10.4. The summed E-state index contributed by atoms with van der Waals surface area (Å²) in [6.45, 7) is 8.73. The summed E-state index contributed by atoms with van der Waals surface area (Å²) in [6, 6.07) is 0. The number of ether oxygens (including phenoxy) is 2. The fourth-order valence-electron chi connectivity index (χ4n) is 2.30. The van der Waals surface area contributed by atoms with Gasteiger partial charge >= 0.3 is 11.7 Å². The number of nitrogens with zero attached hydrogens (tertiary/aromatic N) is 2. The molecule has 1 atom stereocenters. The molecule has 0 fully saturated rings. The molecule has 0 amide bonds. The summed E-state index contributed by atoms with van der Waals surface area (Å²) >= 11 is 0. The van der Waals surface area contributed by atoms with Gasteiger partial charge < -0.3 is 20.1 Å². The second-order valence-corrected chi connectivity index (χ2v) is 6.33. The van der Waals surface area contributed by atoms with Crippen LogP contribution in [-0.4, -0.2) is 45.2 Å². The highest BCUT2D eigenvalue weighted by Crippen LogP contribution is 2.40. The van der Waals surface area contributed by atoms with Crippen LogP contribution in [0.15, 0.2) is 11.3 Å². The Hall–Kier alpha value is -1.98. The predicted octanol–water partition coefficient (Wildman–Crippen LogP) is 1.79. The van der Waals surface area contributed by atoms with Crippen LogP contribution in [0, 0.1) is 0 Å². The van der Waals surface area contributed by atoms with Crippen LogP contribution in [0.1, 0.15) is 53.9 Å². The first-order chi connectivity index (χ1) is 10.6. The Bertz CT molecular complexity index is 582. The lowest BCUT2D eigenvalue weighted by Crippen LogP contribution is -2.61. The van der Waals surface area contributed by atoms with Crippen molar-refractivity contribution in [3.05, 3.63) is 16.9 Å². The van der Waals surface area contributed by atoms with Crippen LogP contribution in [0.3, 0.4) is 0 Å². The largest absolute Gasteiger partial charge is 0.494 e. The maximum absolute atomic E-state index is 12.4. The van der Waals surface area contributed by atoms with Gasteiger partial charge in [-0.15, -0.1) is 0 Å². The van der Waals surface area contributed by atoms with Gasteiger partial charge in [-0.3, -0.25) is 4.79 Å². The van der Waals surface area contributed by atoms with E-state index >= 15 is 0 Å². The highest BCUT2D eigenvalue weighted by atomic mass is 16.6. The third-order valence-electron chi connectivity index (χ3n) is 3.31. The van der Waals surface area contributed by atoms with Crippen LogP contribution >= 0.6 is 0 Å². The minimum Gasteiger partial charge on any atom is -0.494 e. The molecule has 1 aliphatic rings. The number of ketones is 1. The van der Waals surface area contributed by atoms with Crippen molar-refractivity contribution < 1.29 is 29.0 Å². The van der Waals surface area contributed by atoms with E-state index in [0.717, 1.165) is 12.8 Å². The molecule has 0 saturated carbocycles. The maximum Gasteiger partial charge on any atom is 0.422 e. The molecule has 1 unspecified atom stereocenters. The number of aliphatic hydroxyl groups is 1. The first-order valence-electron chi connectivity index (χ1n) is 7.72. The molecule has 1 N–H and O–H groups in total. The highest BCUT2D eigenvalue weighted by Gasteiger charge is 2.66. The van der Waals surface area contributed by atoms with Gasteiger partial charge in [0.1, 0.15) is 5.60 Å². The Morgan fingerprint density at radius 3 is 2.39 bits per heavy atom. The van der Waals surface area contributed by atoms with E-state index in [9.17, 15) is 14.7 Å². The van der Waals surface area contributed by atoms with Crippen molar-refractivity contribution >= 4 is 17.5 Å². The second kappa shape index (κ2) is 7.06. The first kappa shape index (κ1) is 19.1. The predicted molar refractivity (Wildman–Crippen MR) is 82.6 cm³/mol. The number of rotatable bonds is 7. The fourth-order valence-corrected chi connectivity index (χ4v) is 2.30. The third-order valence-corrected chi connectivity index (χ3v) is 3.31. The van der Waals surface area contributed by atoms with Crippen LogP contribution in [0.25, 0.3) is 5.53 Å². The van der Waals surface area contributed by atoms with Gasteiger partial charge in [-0.1, -0.05) is 13.3 Å². The van der Waals surface area contributed by atoms with E-state index in [1.807, 2.05) is 6.92 Å². The Balaban J connectivity index is 3.21. The maximum atomic E-state index is 12.4. The van der Waals surface area contributed by atoms with Gasteiger partial charge in [0, 0.05) is 5.57 Å². The zero-order chi connectivity index (χ0) is 17.8. The molecule has 7 nitrogen and oxygen atoms in total. The lowest BCUT2D eigenvalue weighted by Gasteiger charge is -2.35. The summed E-state index contributed by atoms with van der Waals surface area (Å²) in [5.74, 6) is -1.78. The van der Waals surface area contributed by atoms with Crippen LogP contribution in [0.4, 0.5) is 0 Å². The zero-order valence-corrected chi connectivity index (χ0v) is 14.3. The molecule has 128 valence electrons. The Morgan fingerprint density at radius 2 is 1.96 bits per heavy atom. The van der Waals surface area contributed by atoms with E-state index in [4.69, 9.17) is 15.0 Å². The lowest BCUT2D eigenvalue weighted by atomic mass is 9.72.